The summed E-state index contributed by atoms with van der Waals surface area (Å²) in [6.07, 6.45) is 0. The van der Waals surface area contributed by atoms with Crippen LogP contribution < -0.4 is 9.64 Å². The van der Waals surface area contributed by atoms with Crippen LogP contribution in [0.4, 0.5) is 0 Å². The van der Waals surface area contributed by atoms with Crippen LogP contribution in [0.1, 0.15) is 15.9 Å². The van der Waals surface area contributed by atoms with Crippen molar-refractivity contribution < 1.29 is 14.4 Å². The number of piperazine rings is 1. The molecule has 1 amide bonds. The Hall–Kier alpha value is -2.04. The molecule has 24 heavy (non-hydrogen) atoms. The molecule has 0 aromatic heterocycles. The molecule has 0 spiro atoms. The van der Waals surface area contributed by atoms with E-state index in [1.807, 2.05) is 35.2 Å². The Morgan fingerprint density at radius 1 is 1.17 bits per heavy atom. The van der Waals surface area contributed by atoms with Crippen molar-refractivity contribution in [3.63, 3.8) is 0 Å². The number of hydrogen-bond donors (Lipinski definition) is 1. The van der Waals surface area contributed by atoms with Crippen molar-refractivity contribution in [3.05, 3.63) is 64.7 Å². The zero-order valence-corrected chi connectivity index (χ0v) is 14.6. The summed E-state index contributed by atoms with van der Waals surface area (Å²) in [4.78, 5) is 16.2. The maximum Gasteiger partial charge on any atom is 0.258 e. The van der Waals surface area contributed by atoms with E-state index in [0.717, 1.165) is 31.7 Å². The highest BCUT2D eigenvalue weighted by Gasteiger charge is 2.25. The van der Waals surface area contributed by atoms with Crippen molar-refractivity contribution in [3.8, 4) is 5.75 Å². The molecule has 2 aromatic carbocycles. The average molecular weight is 346 g/mol. The Balaban J connectivity index is 1.76. The summed E-state index contributed by atoms with van der Waals surface area (Å²) in [6, 6.07) is 15.2. The predicted octanol–water partition coefficient (Wildman–Crippen LogP) is 1.89. The first-order chi connectivity index (χ1) is 11.6. The molecule has 3 rings (SSSR count). The van der Waals surface area contributed by atoms with E-state index < -0.39 is 0 Å². The van der Waals surface area contributed by atoms with Gasteiger partial charge in [0, 0.05) is 5.02 Å². The van der Waals surface area contributed by atoms with Gasteiger partial charge in [0.1, 0.15) is 12.4 Å². The minimum Gasteiger partial charge on any atom is -0.488 e. The van der Waals surface area contributed by atoms with Crippen molar-refractivity contribution in [2.75, 3.05) is 33.2 Å². The molecule has 2 aromatic rings. The Morgan fingerprint density at radius 2 is 1.88 bits per heavy atom. The molecule has 1 saturated heterocycles. The van der Waals surface area contributed by atoms with Gasteiger partial charge in [0.25, 0.3) is 5.91 Å². The minimum absolute atomic E-state index is 0.00642. The quantitative estimate of drug-likeness (QED) is 0.918. The van der Waals surface area contributed by atoms with Gasteiger partial charge in [-0.3, -0.25) is 4.79 Å². The fourth-order valence-electron chi connectivity index (χ4n) is 2.79. The summed E-state index contributed by atoms with van der Waals surface area (Å²) in [5.74, 6) is 0.576. The number of ether oxygens (including phenoxy) is 1. The standard InChI is InChI=1S/C19H21ClN2O2/c1-21-9-11-22(12-10-21)19(23)17-13-16(20)7-8-18(17)24-14-15-5-3-2-4-6-15/h2-8,13H,9-12,14H2,1H3/p+1. The third kappa shape index (κ3) is 4.08. The van der Waals surface area contributed by atoms with Crippen molar-refractivity contribution in [1.29, 1.82) is 0 Å². The third-order valence-corrected chi connectivity index (χ3v) is 4.55. The molecular formula is C19H22ClN2O2+. The van der Waals surface area contributed by atoms with Gasteiger partial charge >= 0.3 is 0 Å². The number of carbonyl (C=O) groups is 1. The topological polar surface area (TPSA) is 34.0 Å². The molecule has 0 radical (unpaired) electrons. The van der Waals surface area contributed by atoms with Crippen LogP contribution in [-0.4, -0.2) is 44.0 Å². The smallest absolute Gasteiger partial charge is 0.258 e. The Labute approximate surface area is 147 Å². The largest absolute Gasteiger partial charge is 0.488 e. The zero-order chi connectivity index (χ0) is 16.9. The molecule has 1 N–H and O–H groups in total. The summed E-state index contributed by atoms with van der Waals surface area (Å²) in [5, 5.41) is 0.546. The average Bonchev–Trinajstić information content (AvgIpc) is 2.61. The van der Waals surface area contributed by atoms with Gasteiger partial charge in [0.05, 0.1) is 38.8 Å². The number of rotatable bonds is 4. The fourth-order valence-corrected chi connectivity index (χ4v) is 2.96. The van der Waals surface area contributed by atoms with Crippen LogP contribution >= 0.6 is 11.6 Å². The van der Waals surface area contributed by atoms with E-state index in [2.05, 4.69) is 7.05 Å². The van der Waals surface area contributed by atoms with Crippen LogP contribution in [-0.2, 0) is 6.61 Å². The van der Waals surface area contributed by atoms with E-state index in [4.69, 9.17) is 16.3 Å². The molecule has 0 unspecified atom stereocenters. The normalized spacial score (nSPS) is 15.3. The summed E-state index contributed by atoms with van der Waals surface area (Å²) in [5.41, 5.74) is 1.60. The van der Waals surface area contributed by atoms with Crippen LogP contribution in [0.2, 0.25) is 5.02 Å². The summed E-state index contributed by atoms with van der Waals surface area (Å²) in [6.45, 7) is 3.87. The summed E-state index contributed by atoms with van der Waals surface area (Å²) < 4.78 is 5.90. The highest BCUT2D eigenvalue weighted by atomic mass is 35.5. The number of nitrogens with zero attached hydrogens (tertiary/aromatic N) is 1. The third-order valence-electron chi connectivity index (χ3n) is 4.31. The summed E-state index contributed by atoms with van der Waals surface area (Å²) >= 11 is 6.11. The Bertz CT molecular complexity index is 698. The first-order valence-electron chi connectivity index (χ1n) is 8.20. The number of carbonyl (C=O) groups excluding carboxylic acids is 1. The molecular weight excluding hydrogens is 324 g/mol. The molecule has 5 heteroatoms. The maximum atomic E-state index is 12.9. The molecule has 126 valence electrons. The molecule has 1 fully saturated rings. The second-order valence-corrected chi connectivity index (χ2v) is 6.60. The monoisotopic (exact) mass is 345 g/mol. The van der Waals surface area contributed by atoms with Crippen molar-refractivity contribution in [2.24, 2.45) is 0 Å². The first-order valence-corrected chi connectivity index (χ1v) is 8.58. The van der Waals surface area contributed by atoms with E-state index in [0.29, 0.717) is 22.9 Å². The number of quaternary nitrogens is 1. The highest BCUT2D eigenvalue weighted by molar-refractivity contribution is 6.31. The van der Waals surface area contributed by atoms with Crippen LogP contribution in [0.25, 0.3) is 0 Å². The van der Waals surface area contributed by atoms with Gasteiger partial charge in [-0.25, -0.2) is 0 Å². The van der Waals surface area contributed by atoms with Crippen molar-refractivity contribution in [2.45, 2.75) is 6.61 Å². The number of amides is 1. The molecule has 0 saturated carbocycles. The van der Waals surface area contributed by atoms with Gasteiger partial charge in [-0.1, -0.05) is 41.9 Å². The fraction of sp³-hybridized carbons (Fsp3) is 0.316. The number of nitrogens with one attached hydrogen (secondary N) is 1. The van der Waals surface area contributed by atoms with Gasteiger partial charge in [0.2, 0.25) is 0 Å². The number of likely N-dealkylation sites (N-methyl/N-ethyl adjacent to an activating group) is 1. The second-order valence-electron chi connectivity index (χ2n) is 6.16. The summed E-state index contributed by atoms with van der Waals surface area (Å²) in [7, 11) is 2.15. The molecule has 1 aliphatic rings. The van der Waals surface area contributed by atoms with Crippen LogP contribution in [0.5, 0.6) is 5.75 Å². The van der Waals surface area contributed by atoms with E-state index >= 15 is 0 Å². The molecule has 1 aliphatic heterocycles. The lowest BCUT2D eigenvalue weighted by Crippen LogP contribution is -3.12. The predicted molar refractivity (Wildman–Crippen MR) is 94.8 cm³/mol. The molecule has 0 aliphatic carbocycles. The van der Waals surface area contributed by atoms with Gasteiger partial charge < -0.3 is 14.5 Å². The SMILES string of the molecule is C[NH+]1CCN(C(=O)c2cc(Cl)ccc2OCc2ccccc2)CC1. The molecule has 0 atom stereocenters. The Kier molecular flexibility index (Phi) is 5.38. The van der Waals surface area contributed by atoms with Crippen molar-refractivity contribution in [1.82, 2.24) is 4.90 Å². The van der Waals surface area contributed by atoms with E-state index in [1.165, 1.54) is 4.90 Å². The van der Waals surface area contributed by atoms with E-state index in [1.54, 1.807) is 18.2 Å². The van der Waals surface area contributed by atoms with Gasteiger partial charge in [-0.2, -0.15) is 0 Å². The van der Waals surface area contributed by atoms with Gasteiger partial charge in [-0.05, 0) is 23.8 Å². The van der Waals surface area contributed by atoms with E-state index in [-0.39, 0.29) is 5.91 Å². The van der Waals surface area contributed by atoms with Gasteiger partial charge in [-0.15, -0.1) is 0 Å². The highest BCUT2D eigenvalue weighted by Crippen LogP contribution is 2.25. The lowest BCUT2D eigenvalue weighted by molar-refractivity contribution is -0.883. The van der Waals surface area contributed by atoms with Crippen LogP contribution in [0.15, 0.2) is 48.5 Å². The number of hydrogen-bond acceptors (Lipinski definition) is 2. The molecule has 0 bridgehead atoms. The lowest BCUT2D eigenvalue weighted by atomic mass is 10.1. The first kappa shape index (κ1) is 16.8. The van der Waals surface area contributed by atoms with Crippen LogP contribution in [0.3, 0.4) is 0 Å². The minimum atomic E-state index is -0.00642. The number of benzene rings is 2. The zero-order valence-electron chi connectivity index (χ0n) is 13.8. The van der Waals surface area contributed by atoms with Crippen LogP contribution in [0, 0.1) is 0 Å². The lowest BCUT2D eigenvalue weighted by Gasteiger charge is -2.30. The second kappa shape index (κ2) is 7.69. The van der Waals surface area contributed by atoms with E-state index in [9.17, 15) is 4.79 Å². The number of halogens is 1. The van der Waals surface area contributed by atoms with Crippen molar-refractivity contribution >= 4 is 17.5 Å². The maximum absolute atomic E-state index is 12.9. The Morgan fingerprint density at radius 3 is 2.58 bits per heavy atom. The molecule has 1 heterocycles. The molecule has 4 nitrogen and oxygen atoms in total. The van der Waals surface area contributed by atoms with Gasteiger partial charge in [0.15, 0.2) is 0 Å².